The van der Waals surface area contributed by atoms with Crippen LogP contribution in [-0.4, -0.2) is 38.3 Å². The fraction of sp³-hybridized carbons (Fsp3) is 0.200. The van der Waals surface area contributed by atoms with E-state index in [1.165, 1.54) is 35.2 Å². The Bertz CT molecular complexity index is 980. The third-order valence-electron chi connectivity index (χ3n) is 4.54. The summed E-state index contributed by atoms with van der Waals surface area (Å²) < 4.78 is 0. The number of aliphatic hydroxyl groups excluding tert-OH is 1. The number of carbonyl (C=O) groups excluding carboxylic acids is 2. The fourth-order valence-electron chi connectivity index (χ4n) is 3.28. The molecule has 0 aliphatic carbocycles. The molecule has 1 unspecified atom stereocenters. The molecule has 28 heavy (non-hydrogen) atoms. The van der Waals surface area contributed by atoms with Crippen LogP contribution in [0.3, 0.4) is 0 Å². The first-order valence-electron chi connectivity index (χ1n) is 8.67. The summed E-state index contributed by atoms with van der Waals surface area (Å²) in [7, 11) is 0. The highest BCUT2D eigenvalue weighted by atomic mass is 16.6. The smallest absolute Gasteiger partial charge is 0.295 e. The van der Waals surface area contributed by atoms with E-state index in [1.54, 1.807) is 12.1 Å². The lowest BCUT2D eigenvalue weighted by Crippen LogP contribution is -2.30. The number of aromatic hydroxyl groups is 1. The summed E-state index contributed by atoms with van der Waals surface area (Å²) in [5.41, 5.74) is 0.238. The van der Waals surface area contributed by atoms with E-state index >= 15 is 0 Å². The molecule has 2 aromatic carbocycles. The largest absolute Gasteiger partial charge is 0.508 e. The maximum atomic E-state index is 12.7. The van der Waals surface area contributed by atoms with E-state index in [2.05, 4.69) is 0 Å². The minimum Gasteiger partial charge on any atom is -0.508 e. The first-order chi connectivity index (χ1) is 13.3. The number of phenolic OH excluding ortho intramolecular Hbond substituents is 1. The summed E-state index contributed by atoms with van der Waals surface area (Å²) in [5.74, 6) is -2.05. The van der Waals surface area contributed by atoms with Gasteiger partial charge in [-0.1, -0.05) is 31.2 Å². The van der Waals surface area contributed by atoms with Crippen molar-refractivity contribution in [2.75, 3.05) is 6.54 Å². The number of rotatable bonds is 5. The first-order valence-corrected chi connectivity index (χ1v) is 8.67. The molecule has 144 valence electrons. The highest BCUT2D eigenvalue weighted by Gasteiger charge is 2.45. The Morgan fingerprint density at radius 2 is 1.86 bits per heavy atom. The molecule has 8 heteroatoms. The summed E-state index contributed by atoms with van der Waals surface area (Å²) in [5, 5.41) is 31.4. The molecule has 2 N–H and O–H groups in total. The number of nitrogens with zero attached hydrogens (tertiary/aromatic N) is 2. The van der Waals surface area contributed by atoms with Crippen molar-refractivity contribution in [2.24, 2.45) is 0 Å². The number of nitro benzene ring substituents is 1. The molecule has 1 heterocycles. The molecule has 0 radical (unpaired) electrons. The number of nitro groups is 1. The van der Waals surface area contributed by atoms with Gasteiger partial charge in [-0.25, -0.2) is 0 Å². The van der Waals surface area contributed by atoms with E-state index < -0.39 is 28.4 Å². The van der Waals surface area contributed by atoms with Crippen LogP contribution in [0, 0.1) is 10.1 Å². The second kappa shape index (κ2) is 7.51. The zero-order valence-corrected chi connectivity index (χ0v) is 15.0. The Labute approximate surface area is 160 Å². The highest BCUT2D eigenvalue weighted by Crippen LogP contribution is 2.40. The zero-order chi connectivity index (χ0) is 20.4. The zero-order valence-electron chi connectivity index (χ0n) is 15.0. The second-order valence-electron chi connectivity index (χ2n) is 6.39. The van der Waals surface area contributed by atoms with E-state index in [-0.39, 0.29) is 22.6 Å². The Morgan fingerprint density at radius 1 is 1.18 bits per heavy atom. The van der Waals surface area contributed by atoms with Crippen molar-refractivity contribution in [2.45, 2.75) is 19.4 Å². The molecule has 0 spiro atoms. The molecule has 1 amide bonds. The quantitative estimate of drug-likeness (QED) is 0.269. The van der Waals surface area contributed by atoms with Gasteiger partial charge in [-0.05, 0) is 24.1 Å². The highest BCUT2D eigenvalue weighted by molar-refractivity contribution is 6.46. The Kier molecular flexibility index (Phi) is 5.12. The molecule has 1 aliphatic rings. The average Bonchev–Trinajstić information content (AvgIpc) is 2.93. The number of likely N-dealkylation sites (tertiary alicyclic amines) is 1. The van der Waals surface area contributed by atoms with Gasteiger partial charge in [0.15, 0.2) is 0 Å². The van der Waals surface area contributed by atoms with Crippen LogP contribution < -0.4 is 0 Å². The van der Waals surface area contributed by atoms with Crippen LogP contribution in [0.4, 0.5) is 5.69 Å². The number of aliphatic hydroxyl groups is 1. The Morgan fingerprint density at radius 3 is 2.46 bits per heavy atom. The van der Waals surface area contributed by atoms with Crippen LogP contribution >= 0.6 is 0 Å². The van der Waals surface area contributed by atoms with Gasteiger partial charge in [0.1, 0.15) is 11.5 Å². The number of ketones is 1. The summed E-state index contributed by atoms with van der Waals surface area (Å²) in [6, 6.07) is 10.4. The van der Waals surface area contributed by atoms with Crippen LogP contribution in [-0.2, 0) is 9.59 Å². The van der Waals surface area contributed by atoms with Gasteiger partial charge in [0, 0.05) is 24.2 Å². The summed E-state index contributed by atoms with van der Waals surface area (Å²) in [4.78, 5) is 37.0. The topological polar surface area (TPSA) is 121 Å². The van der Waals surface area contributed by atoms with Crippen molar-refractivity contribution in [3.8, 4) is 5.75 Å². The first kappa shape index (κ1) is 19.1. The molecule has 1 aliphatic heterocycles. The molecule has 0 bridgehead atoms. The van der Waals surface area contributed by atoms with Crippen LogP contribution in [0.2, 0.25) is 0 Å². The van der Waals surface area contributed by atoms with Gasteiger partial charge in [-0.3, -0.25) is 19.7 Å². The van der Waals surface area contributed by atoms with Crippen LogP contribution in [0.5, 0.6) is 5.75 Å². The second-order valence-corrected chi connectivity index (χ2v) is 6.39. The fourth-order valence-corrected chi connectivity index (χ4v) is 3.28. The number of non-ortho nitro benzene ring substituents is 1. The number of Topliss-reactive ketones (excluding diaryl/α,β-unsaturated/α-hetero) is 1. The van der Waals surface area contributed by atoms with E-state index in [1.807, 2.05) is 6.92 Å². The SMILES string of the molecule is CCCN1C(=O)C(=O)/C(=C(\O)c2cccc([N+](=O)[O-])c2)C1c1ccc(O)cc1. The summed E-state index contributed by atoms with van der Waals surface area (Å²) in [6.07, 6.45) is 0.596. The van der Waals surface area contributed by atoms with Crippen molar-refractivity contribution < 1.29 is 24.7 Å². The van der Waals surface area contributed by atoms with Crippen molar-refractivity contribution >= 4 is 23.1 Å². The molecule has 1 fully saturated rings. The number of phenols is 1. The summed E-state index contributed by atoms with van der Waals surface area (Å²) in [6.45, 7) is 2.15. The molecule has 8 nitrogen and oxygen atoms in total. The predicted molar refractivity (Wildman–Crippen MR) is 101 cm³/mol. The minimum atomic E-state index is -0.851. The van der Waals surface area contributed by atoms with Crippen molar-refractivity contribution in [3.05, 3.63) is 75.3 Å². The maximum Gasteiger partial charge on any atom is 0.295 e. The molecule has 3 rings (SSSR count). The van der Waals surface area contributed by atoms with Crippen LogP contribution in [0.25, 0.3) is 5.76 Å². The molecular weight excluding hydrogens is 364 g/mol. The van der Waals surface area contributed by atoms with Gasteiger partial charge in [0.2, 0.25) is 0 Å². The monoisotopic (exact) mass is 382 g/mol. The molecule has 0 saturated carbocycles. The van der Waals surface area contributed by atoms with Crippen LogP contribution in [0.15, 0.2) is 54.1 Å². The van der Waals surface area contributed by atoms with Gasteiger partial charge in [0.25, 0.3) is 17.4 Å². The molecule has 1 atom stereocenters. The predicted octanol–water partition coefficient (Wildman–Crippen LogP) is 3.13. The lowest BCUT2D eigenvalue weighted by atomic mass is 9.95. The number of hydrogen-bond acceptors (Lipinski definition) is 6. The van der Waals surface area contributed by atoms with Gasteiger partial charge in [-0.2, -0.15) is 0 Å². The third kappa shape index (κ3) is 3.32. The minimum absolute atomic E-state index is 0.0230. The van der Waals surface area contributed by atoms with Gasteiger partial charge < -0.3 is 15.1 Å². The van der Waals surface area contributed by atoms with Crippen LogP contribution in [0.1, 0.15) is 30.5 Å². The number of benzene rings is 2. The van der Waals surface area contributed by atoms with E-state index in [4.69, 9.17) is 0 Å². The number of carbonyl (C=O) groups is 2. The van der Waals surface area contributed by atoms with Crippen molar-refractivity contribution in [3.63, 3.8) is 0 Å². The Balaban J connectivity index is 2.19. The molecule has 2 aromatic rings. The lowest BCUT2D eigenvalue weighted by molar-refractivity contribution is -0.384. The van der Waals surface area contributed by atoms with Gasteiger partial charge >= 0.3 is 0 Å². The van der Waals surface area contributed by atoms with E-state index in [0.717, 1.165) is 6.07 Å². The van der Waals surface area contributed by atoms with E-state index in [9.17, 15) is 29.9 Å². The average molecular weight is 382 g/mol. The number of amides is 1. The van der Waals surface area contributed by atoms with Crippen molar-refractivity contribution in [1.82, 2.24) is 4.90 Å². The summed E-state index contributed by atoms with van der Waals surface area (Å²) >= 11 is 0. The van der Waals surface area contributed by atoms with Crippen molar-refractivity contribution in [1.29, 1.82) is 0 Å². The molecule has 0 aromatic heterocycles. The number of hydrogen-bond donors (Lipinski definition) is 2. The lowest BCUT2D eigenvalue weighted by Gasteiger charge is -2.24. The van der Waals surface area contributed by atoms with Gasteiger partial charge in [0.05, 0.1) is 16.5 Å². The standard InChI is InChI=1S/C20H18N2O6/c1-2-10-21-17(12-6-8-15(23)9-7-12)16(19(25)20(21)26)18(24)13-4-3-5-14(11-13)22(27)28/h3-9,11,17,23-24H,2,10H2,1H3/b18-16-. The van der Waals surface area contributed by atoms with Gasteiger partial charge in [-0.15, -0.1) is 0 Å². The molecular formula is C20H18N2O6. The third-order valence-corrected chi connectivity index (χ3v) is 4.54. The Hall–Kier alpha value is -3.68. The molecule has 1 saturated heterocycles. The van der Waals surface area contributed by atoms with E-state index in [0.29, 0.717) is 18.5 Å². The normalized spacial score (nSPS) is 18.5. The maximum absolute atomic E-state index is 12.7.